The van der Waals surface area contributed by atoms with Crippen molar-refractivity contribution in [2.75, 3.05) is 24.8 Å². The first-order valence-corrected chi connectivity index (χ1v) is 6.73. The van der Waals surface area contributed by atoms with Gasteiger partial charge in [-0.05, 0) is 37.6 Å². The standard InChI is InChI=1S/C17H20N2O2/c1-11-8-9-15(12(2)10-11)19(3)16-13(17(20)21-4)6-5-7-14(16)18/h5-10H,18H2,1-4H3. The SMILES string of the molecule is COC(=O)c1cccc(N)c1N(C)c1ccc(C)cc1C. The fraction of sp³-hybridized carbons (Fsp3) is 0.235. The normalized spacial score (nSPS) is 10.3. The van der Waals surface area contributed by atoms with Crippen molar-refractivity contribution in [1.82, 2.24) is 0 Å². The van der Waals surface area contributed by atoms with Gasteiger partial charge in [-0.15, -0.1) is 0 Å². The van der Waals surface area contributed by atoms with E-state index in [0.29, 0.717) is 16.9 Å². The molecule has 0 fully saturated rings. The van der Waals surface area contributed by atoms with Crippen LogP contribution in [0.4, 0.5) is 17.1 Å². The summed E-state index contributed by atoms with van der Waals surface area (Å²) in [6.07, 6.45) is 0. The molecule has 0 amide bonds. The number of benzene rings is 2. The quantitative estimate of drug-likeness (QED) is 0.693. The van der Waals surface area contributed by atoms with Crippen molar-refractivity contribution in [2.45, 2.75) is 13.8 Å². The summed E-state index contributed by atoms with van der Waals surface area (Å²) >= 11 is 0. The number of methoxy groups -OCH3 is 1. The molecule has 0 heterocycles. The highest BCUT2D eigenvalue weighted by Gasteiger charge is 2.19. The minimum absolute atomic E-state index is 0.395. The van der Waals surface area contributed by atoms with E-state index in [1.807, 2.05) is 37.9 Å². The van der Waals surface area contributed by atoms with Crippen molar-refractivity contribution >= 4 is 23.0 Å². The maximum Gasteiger partial charge on any atom is 0.340 e. The zero-order valence-electron chi connectivity index (χ0n) is 12.8. The molecule has 4 nitrogen and oxygen atoms in total. The summed E-state index contributed by atoms with van der Waals surface area (Å²) in [5.74, 6) is -0.395. The Bertz CT molecular complexity index is 680. The molecule has 0 aliphatic heterocycles. The van der Waals surface area contributed by atoms with Crippen LogP contribution in [0.25, 0.3) is 0 Å². The van der Waals surface area contributed by atoms with Gasteiger partial charge in [-0.2, -0.15) is 0 Å². The van der Waals surface area contributed by atoms with Gasteiger partial charge in [0.05, 0.1) is 24.0 Å². The van der Waals surface area contributed by atoms with Crippen molar-refractivity contribution in [1.29, 1.82) is 0 Å². The summed E-state index contributed by atoms with van der Waals surface area (Å²) in [6.45, 7) is 4.09. The van der Waals surface area contributed by atoms with E-state index in [2.05, 4.69) is 6.07 Å². The molecule has 0 bridgehead atoms. The Hall–Kier alpha value is -2.49. The summed E-state index contributed by atoms with van der Waals surface area (Å²) in [5.41, 5.74) is 11.1. The van der Waals surface area contributed by atoms with Crippen LogP contribution in [0.15, 0.2) is 36.4 Å². The third kappa shape index (κ3) is 2.84. The largest absolute Gasteiger partial charge is 0.465 e. The predicted octanol–water partition coefficient (Wildman–Crippen LogP) is 3.44. The molecule has 110 valence electrons. The van der Waals surface area contributed by atoms with Crippen LogP contribution in [-0.4, -0.2) is 20.1 Å². The Kier molecular flexibility index (Phi) is 4.17. The summed E-state index contributed by atoms with van der Waals surface area (Å²) in [7, 11) is 3.27. The lowest BCUT2D eigenvalue weighted by Crippen LogP contribution is -2.17. The number of carbonyl (C=O) groups is 1. The Morgan fingerprint density at radius 3 is 2.52 bits per heavy atom. The Labute approximate surface area is 125 Å². The van der Waals surface area contributed by atoms with E-state index in [1.54, 1.807) is 18.2 Å². The van der Waals surface area contributed by atoms with Crippen molar-refractivity contribution in [3.63, 3.8) is 0 Å². The van der Waals surface area contributed by atoms with Gasteiger partial charge in [-0.3, -0.25) is 0 Å². The number of carbonyl (C=O) groups excluding carboxylic acids is 1. The molecule has 0 aliphatic carbocycles. The van der Waals surface area contributed by atoms with Gasteiger partial charge in [0.1, 0.15) is 0 Å². The summed E-state index contributed by atoms with van der Waals surface area (Å²) < 4.78 is 4.85. The molecule has 0 saturated carbocycles. The number of nitrogens with two attached hydrogens (primary N) is 1. The van der Waals surface area contributed by atoms with E-state index < -0.39 is 5.97 Å². The fourth-order valence-corrected chi connectivity index (χ4v) is 2.51. The molecule has 0 unspecified atom stereocenters. The third-order valence-electron chi connectivity index (χ3n) is 3.52. The Balaban J connectivity index is 2.57. The second-order valence-corrected chi connectivity index (χ2v) is 5.08. The van der Waals surface area contributed by atoms with Gasteiger partial charge < -0.3 is 15.4 Å². The van der Waals surface area contributed by atoms with Crippen molar-refractivity contribution in [2.24, 2.45) is 0 Å². The van der Waals surface area contributed by atoms with Crippen LogP contribution in [0.3, 0.4) is 0 Å². The molecule has 2 aromatic carbocycles. The van der Waals surface area contributed by atoms with Crippen LogP contribution in [-0.2, 0) is 4.74 Å². The van der Waals surface area contributed by atoms with Gasteiger partial charge in [0.15, 0.2) is 0 Å². The number of rotatable bonds is 3. The molecular weight excluding hydrogens is 264 g/mol. The number of ether oxygens (including phenoxy) is 1. The van der Waals surface area contributed by atoms with Gasteiger partial charge in [0, 0.05) is 12.7 Å². The highest BCUT2D eigenvalue weighted by Crippen LogP contribution is 2.34. The van der Waals surface area contributed by atoms with E-state index in [9.17, 15) is 4.79 Å². The first kappa shape index (κ1) is 14.9. The lowest BCUT2D eigenvalue weighted by molar-refractivity contribution is 0.0601. The maximum absolute atomic E-state index is 12.0. The summed E-state index contributed by atoms with van der Waals surface area (Å²) in [5, 5.41) is 0. The highest BCUT2D eigenvalue weighted by molar-refractivity contribution is 6.00. The second kappa shape index (κ2) is 5.87. The highest BCUT2D eigenvalue weighted by atomic mass is 16.5. The molecule has 2 aromatic rings. The van der Waals surface area contributed by atoms with E-state index in [1.165, 1.54) is 12.7 Å². The van der Waals surface area contributed by atoms with E-state index in [0.717, 1.165) is 11.3 Å². The van der Waals surface area contributed by atoms with Crippen LogP contribution < -0.4 is 10.6 Å². The topological polar surface area (TPSA) is 55.6 Å². The zero-order valence-corrected chi connectivity index (χ0v) is 12.8. The van der Waals surface area contributed by atoms with Gasteiger partial charge in [-0.25, -0.2) is 4.79 Å². The molecule has 2 N–H and O–H groups in total. The minimum Gasteiger partial charge on any atom is -0.465 e. The first-order chi connectivity index (χ1) is 9.95. The summed E-state index contributed by atoms with van der Waals surface area (Å²) in [6, 6.07) is 11.4. The Morgan fingerprint density at radius 2 is 1.90 bits per heavy atom. The summed E-state index contributed by atoms with van der Waals surface area (Å²) in [4.78, 5) is 13.9. The number of nitrogens with zero attached hydrogens (tertiary/aromatic N) is 1. The lowest BCUT2D eigenvalue weighted by atomic mass is 10.1. The molecule has 0 atom stereocenters. The molecule has 0 aliphatic rings. The number of hydrogen-bond donors (Lipinski definition) is 1. The molecule has 0 spiro atoms. The lowest BCUT2D eigenvalue weighted by Gasteiger charge is -2.25. The van der Waals surface area contributed by atoms with Crippen molar-refractivity contribution in [3.8, 4) is 0 Å². The first-order valence-electron chi connectivity index (χ1n) is 6.73. The fourth-order valence-electron chi connectivity index (χ4n) is 2.51. The number of esters is 1. The number of nitrogen functional groups attached to an aromatic ring is 1. The molecule has 0 saturated heterocycles. The van der Waals surface area contributed by atoms with Crippen molar-refractivity contribution < 1.29 is 9.53 Å². The molecular formula is C17H20N2O2. The molecule has 4 heteroatoms. The Morgan fingerprint density at radius 1 is 1.19 bits per heavy atom. The third-order valence-corrected chi connectivity index (χ3v) is 3.52. The smallest absolute Gasteiger partial charge is 0.340 e. The average molecular weight is 284 g/mol. The van der Waals surface area contributed by atoms with Crippen LogP contribution in [0.1, 0.15) is 21.5 Å². The van der Waals surface area contributed by atoms with Crippen LogP contribution >= 0.6 is 0 Å². The van der Waals surface area contributed by atoms with Gasteiger partial charge >= 0.3 is 5.97 Å². The van der Waals surface area contributed by atoms with Crippen LogP contribution in [0, 0.1) is 13.8 Å². The van der Waals surface area contributed by atoms with E-state index >= 15 is 0 Å². The van der Waals surface area contributed by atoms with Gasteiger partial charge in [0.25, 0.3) is 0 Å². The predicted molar refractivity (Wildman–Crippen MR) is 86.2 cm³/mol. The number of anilines is 3. The number of hydrogen-bond acceptors (Lipinski definition) is 4. The van der Waals surface area contributed by atoms with E-state index in [-0.39, 0.29) is 0 Å². The van der Waals surface area contributed by atoms with Gasteiger partial charge in [0.2, 0.25) is 0 Å². The van der Waals surface area contributed by atoms with Crippen LogP contribution in [0.2, 0.25) is 0 Å². The number of para-hydroxylation sites is 1. The monoisotopic (exact) mass is 284 g/mol. The van der Waals surface area contributed by atoms with Crippen LogP contribution in [0.5, 0.6) is 0 Å². The minimum atomic E-state index is -0.395. The number of aryl methyl sites for hydroxylation is 2. The van der Waals surface area contributed by atoms with Gasteiger partial charge in [-0.1, -0.05) is 23.8 Å². The molecule has 21 heavy (non-hydrogen) atoms. The van der Waals surface area contributed by atoms with Crippen molar-refractivity contribution in [3.05, 3.63) is 53.1 Å². The second-order valence-electron chi connectivity index (χ2n) is 5.08. The van der Waals surface area contributed by atoms with E-state index in [4.69, 9.17) is 10.5 Å². The molecule has 0 aromatic heterocycles. The maximum atomic E-state index is 12.0. The molecule has 2 rings (SSSR count). The zero-order chi connectivity index (χ0) is 15.6. The average Bonchev–Trinajstić information content (AvgIpc) is 2.45. The molecule has 0 radical (unpaired) electrons.